The van der Waals surface area contributed by atoms with E-state index in [1.165, 1.54) is 6.42 Å². The van der Waals surface area contributed by atoms with E-state index in [0.29, 0.717) is 42.8 Å². The number of amides is 1. The quantitative estimate of drug-likeness (QED) is 0.263. The molecule has 2 aromatic heterocycles. The van der Waals surface area contributed by atoms with Gasteiger partial charge in [0.15, 0.2) is 11.5 Å². The number of carbonyl (C=O) groups is 1. The van der Waals surface area contributed by atoms with Crippen LogP contribution in [0.5, 0.6) is 11.5 Å². The second kappa shape index (κ2) is 14.4. The third kappa shape index (κ3) is 7.86. The molecule has 1 fully saturated rings. The number of nitrogens with one attached hydrogen (secondary N) is 1. The van der Waals surface area contributed by atoms with E-state index in [4.69, 9.17) is 14.5 Å². The number of carbonyl (C=O) groups excluding carboxylic acids is 1. The van der Waals surface area contributed by atoms with Crippen LogP contribution in [0.1, 0.15) is 76.1 Å². The van der Waals surface area contributed by atoms with Crippen molar-refractivity contribution in [2.24, 2.45) is 0 Å². The highest BCUT2D eigenvalue weighted by atomic mass is 32.2. The Morgan fingerprint density at radius 1 is 1.07 bits per heavy atom. The number of aryl methyl sites for hydroxylation is 1. The lowest BCUT2D eigenvalue weighted by Gasteiger charge is -2.41. The summed E-state index contributed by atoms with van der Waals surface area (Å²) < 4.78 is 41.0. The van der Waals surface area contributed by atoms with E-state index in [2.05, 4.69) is 22.2 Å². The molecule has 44 heavy (non-hydrogen) atoms. The highest BCUT2D eigenvalue weighted by molar-refractivity contribution is 7.89. The summed E-state index contributed by atoms with van der Waals surface area (Å²) in [7, 11) is -3.47. The first-order chi connectivity index (χ1) is 21.2. The van der Waals surface area contributed by atoms with Gasteiger partial charge in [-0.05, 0) is 38.0 Å². The number of unbranched alkanes of at least 4 members (excludes halogenated alkanes) is 5. The van der Waals surface area contributed by atoms with Crippen LogP contribution in [0.3, 0.4) is 0 Å². The Balaban J connectivity index is 1.31. The maximum absolute atomic E-state index is 13.5. The van der Waals surface area contributed by atoms with E-state index in [1.54, 1.807) is 27.6 Å². The first-order valence-corrected chi connectivity index (χ1v) is 17.1. The minimum Gasteiger partial charge on any atom is -0.454 e. The van der Waals surface area contributed by atoms with Gasteiger partial charge in [0, 0.05) is 50.2 Å². The summed E-state index contributed by atoms with van der Waals surface area (Å²) in [6, 6.07) is 6.79. The van der Waals surface area contributed by atoms with E-state index in [-0.39, 0.29) is 37.5 Å². The molecule has 3 aromatic rings. The number of rotatable bonds is 14. The Morgan fingerprint density at radius 3 is 2.66 bits per heavy atom. The van der Waals surface area contributed by atoms with Gasteiger partial charge in [0.05, 0.1) is 17.8 Å². The molecule has 12 nitrogen and oxygen atoms in total. The second-order valence-electron chi connectivity index (χ2n) is 11.5. The predicted octanol–water partition coefficient (Wildman–Crippen LogP) is 4.15. The summed E-state index contributed by atoms with van der Waals surface area (Å²) in [6.07, 6.45) is 11.2. The molecule has 1 N–H and O–H groups in total. The van der Waals surface area contributed by atoms with Gasteiger partial charge in [-0.2, -0.15) is 9.29 Å². The lowest BCUT2D eigenvalue weighted by atomic mass is 10.1. The van der Waals surface area contributed by atoms with Gasteiger partial charge in [-0.1, -0.05) is 45.1 Å². The molecule has 1 saturated heterocycles. The Kier molecular flexibility index (Phi) is 10.4. The van der Waals surface area contributed by atoms with E-state index in [0.717, 1.165) is 36.9 Å². The lowest BCUT2D eigenvalue weighted by Crippen LogP contribution is -2.56. The minimum absolute atomic E-state index is 0.0986. The normalized spacial score (nSPS) is 17.5. The van der Waals surface area contributed by atoms with Crippen molar-refractivity contribution in [3.63, 3.8) is 0 Å². The molecule has 4 heterocycles. The zero-order valence-corrected chi connectivity index (χ0v) is 26.6. The van der Waals surface area contributed by atoms with Crippen LogP contribution in [0, 0.1) is 6.92 Å². The average molecular weight is 626 g/mol. The number of piperazine rings is 1. The Labute approximate surface area is 259 Å². The molecule has 2 unspecified atom stereocenters. The van der Waals surface area contributed by atoms with Gasteiger partial charge in [-0.25, -0.2) is 18.4 Å². The van der Waals surface area contributed by atoms with Crippen LogP contribution in [-0.2, 0) is 14.8 Å². The molecule has 0 aliphatic carbocycles. The second-order valence-corrected chi connectivity index (χ2v) is 13.6. The summed E-state index contributed by atoms with van der Waals surface area (Å²) in [4.78, 5) is 29.0. The third-order valence-electron chi connectivity index (χ3n) is 8.15. The summed E-state index contributed by atoms with van der Waals surface area (Å²) >= 11 is 0. The van der Waals surface area contributed by atoms with Crippen molar-refractivity contribution in [2.75, 3.05) is 37.1 Å². The van der Waals surface area contributed by atoms with Crippen molar-refractivity contribution in [2.45, 2.75) is 77.8 Å². The van der Waals surface area contributed by atoms with Crippen molar-refractivity contribution < 1.29 is 22.7 Å². The molecule has 0 bridgehead atoms. The standard InChI is InChI=1S/C31H43N7O5S/c1-4-5-6-7-8-9-16-44(40,41)37-14-15-38(29-17-23(2)33-31(35-29)36-13-12-32-21-36)26(20-37)19-30(39)34-24(3)25-10-11-27-28(18-25)43-22-42-27/h10-13,17-18,21,24,26H,4-9,14-16,19-20,22H2,1-3H3,(H,34,39). The van der Waals surface area contributed by atoms with E-state index in [9.17, 15) is 13.2 Å². The van der Waals surface area contributed by atoms with Crippen molar-refractivity contribution in [3.05, 3.63) is 54.2 Å². The first-order valence-electron chi connectivity index (χ1n) is 15.5. The fourth-order valence-electron chi connectivity index (χ4n) is 5.71. The largest absolute Gasteiger partial charge is 0.454 e. The van der Waals surface area contributed by atoms with Crippen molar-refractivity contribution in [1.29, 1.82) is 0 Å². The van der Waals surface area contributed by atoms with E-state index < -0.39 is 16.1 Å². The Bertz CT molecular complexity index is 1520. The monoisotopic (exact) mass is 625 g/mol. The number of ether oxygens (including phenoxy) is 2. The number of hydrogen-bond donors (Lipinski definition) is 1. The number of imidazole rings is 1. The fourth-order valence-corrected chi connectivity index (χ4v) is 7.29. The van der Waals surface area contributed by atoms with E-state index in [1.807, 2.05) is 43.0 Å². The van der Waals surface area contributed by atoms with Crippen LogP contribution < -0.4 is 19.7 Å². The number of anilines is 1. The average Bonchev–Trinajstić information content (AvgIpc) is 3.71. The van der Waals surface area contributed by atoms with Gasteiger partial charge >= 0.3 is 0 Å². The molecule has 2 aliphatic heterocycles. The molecule has 2 atom stereocenters. The third-order valence-corrected chi connectivity index (χ3v) is 10.1. The number of aromatic nitrogens is 4. The van der Waals surface area contributed by atoms with Crippen LogP contribution in [-0.4, -0.2) is 76.4 Å². The SMILES string of the molecule is CCCCCCCCS(=O)(=O)N1CCN(c2cc(C)nc(-n3ccnc3)n2)C(CC(=O)NC(C)c2ccc3c(c2)OCO3)C1. The van der Waals surface area contributed by atoms with Crippen molar-refractivity contribution in [1.82, 2.24) is 29.1 Å². The summed E-state index contributed by atoms with van der Waals surface area (Å²) in [6.45, 7) is 7.09. The number of benzene rings is 1. The van der Waals surface area contributed by atoms with Gasteiger partial charge in [0.25, 0.3) is 0 Å². The molecule has 238 valence electrons. The fraction of sp³-hybridized carbons (Fsp3) is 0.548. The van der Waals surface area contributed by atoms with Crippen LogP contribution in [0.25, 0.3) is 5.95 Å². The molecular formula is C31H43N7O5S. The minimum atomic E-state index is -3.47. The maximum Gasteiger partial charge on any atom is 0.237 e. The smallest absolute Gasteiger partial charge is 0.237 e. The first kappa shape index (κ1) is 31.7. The zero-order chi connectivity index (χ0) is 31.1. The van der Waals surface area contributed by atoms with Crippen molar-refractivity contribution in [3.8, 4) is 17.4 Å². The zero-order valence-electron chi connectivity index (χ0n) is 25.8. The predicted molar refractivity (Wildman–Crippen MR) is 168 cm³/mol. The number of sulfonamides is 1. The molecular weight excluding hydrogens is 582 g/mol. The molecule has 0 spiro atoms. The molecule has 0 radical (unpaired) electrons. The van der Waals surface area contributed by atoms with Gasteiger partial charge in [-0.15, -0.1) is 0 Å². The summed E-state index contributed by atoms with van der Waals surface area (Å²) in [5.74, 6) is 2.40. The Morgan fingerprint density at radius 2 is 1.86 bits per heavy atom. The molecule has 1 aromatic carbocycles. The van der Waals surface area contributed by atoms with Crippen LogP contribution in [0.2, 0.25) is 0 Å². The van der Waals surface area contributed by atoms with Gasteiger partial charge in [-0.3, -0.25) is 9.36 Å². The topological polar surface area (TPSA) is 132 Å². The summed E-state index contributed by atoms with van der Waals surface area (Å²) in [5.41, 5.74) is 1.65. The molecule has 5 rings (SSSR count). The highest BCUT2D eigenvalue weighted by Gasteiger charge is 2.35. The molecule has 0 saturated carbocycles. The molecule has 13 heteroatoms. The maximum atomic E-state index is 13.5. The van der Waals surface area contributed by atoms with Gasteiger partial charge < -0.3 is 19.7 Å². The van der Waals surface area contributed by atoms with Crippen LogP contribution in [0.4, 0.5) is 5.82 Å². The lowest BCUT2D eigenvalue weighted by molar-refractivity contribution is -0.122. The number of hydrogen-bond acceptors (Lipinski definition) is 9. The molecule has 1 amide bonds. The summed E-state index contributed by atoms with van der Waals surface area (Å²) in [5, 5.41) is 3.09. The molecule has 2 aliphatic rings. The van der Waals surface area contributed by atoms with Gasteiger partial charge in [0.1, 0.15) is 12.1 Å². The van der Waals surface area contributed by atoms with Gasteiger partial charge in [0.2, 0.25) is 28.7 Å². The Hall–Kier alpha value is -3.71. The number of fused-ring (bicyclic) bond motifs is 1. The van der Waals surface area contributed by atoms with Crippen molar-refractivity contribution >= 4 is 21.7 Å². The van der Waals surface area contributed by atoms with E-state index >= 15 is 0 Å². The van der Waals surface area contributed by atoms with Crippen LogP contribution in [0.15, 0.2) is 43.0 Å². The highest BCUT2D eigenvalue weighted by Crippen LogP contribution is 2.34. The number of nitrogens with zero attached hydrogens (tertiary/aromatic N) is 6. The van der Waals surface area contributed by atoms with Crippen LogP contribution >= 0.6 is 0 Å².